The van der Waals surface area contributed by atoms with Crippen LogP contribution in [0.3, 0.4) is 0 Å². The lowest BCUT2D eigenvalue weighted by atomic mass is 10.2. The molecule has 0 fully saturated rings. The highest BCUT2D eigenvalue weighted by atomic mass is 79.9. The number of hydrogen-bond donors (Lipinski definition) is 0. The minimum absolute atomic E-state index is 0.0139. The van der Waals surface area contributed by atoms with Crippen LogP contribution in [-0.4, -0.2) is 22.3 Å². The van der Waals surface area contributed by atoms with Crippen molar-refractivity contribution in [3.63, 3.8) is 0 Å². The smallest absolute Gasteiger partial charge is 0.258 e. The van der Waals surface area contributed by atoms with Gasteiger partial charge in [0.1, 0.15) is 0 Å². The molecule has 0 saturated carbocycles. The quantitative estimate of drug-likeness (QED) is 0.793. The number of thiophene rings is 1. The third-order valence-electron chi connectivity index (χ3n) is 2.63. The second-order valence-electron chi connectivity index (χ2n) is 3.87. The van der Waals surface area contributed by atoms with E-state index in [1.54, 1.807) is 22.3 Å². The molecule has 0 spiro atoms. The first-order valence-corrected chi connectivity index (χ1v) is 7.36. The Balaban J connectivity index is 2.18. The lowest BCUT2D eigenvalue weighted by Crippen LogP contribution is -2.30. The van der Waals surface area contributed by atoms with Gasteiger partial charge in [0, 0.05) is 17.6 Å². The molecule has 0 aliphatic rings. The number of carbonyl (C=O) groups is 1. The Hall–Kier alpha value is -1.27. The van der Waals surface area contributed by atoms with Crippen LogP contribution < -0.4 is 0 Å². The standard InChI is InChI=1S/C13H12BrFN2OS/c1-2-17(8-9-5-6-11(14)19-9)13(18)10-4-3-7-16-12(10)15/h3-7H,2,8H2,1H3. The molecule has 0 unspecified atom stereocenters. The molecule has 0 aromatic carbocycles. The number of nitrogens with zero attached hydrogens (tertiary/aromatic N) is 2. The van der Waals surface area contributed by atoms with Crippen LogP contribution >= 0.6 is 27.3 Å². The van der Waals surface area contributed by atoms with E-state index in [2.05, 4.69) is 20.9 Å². The molecule has 19 heavy (non-hydrogen) atoms. The lowest BCUT2D eigenvalue weighted by Gasteiger charge is -2.20. The number of halogens is 2. The number of pyridine rings is 1. The summed E-state index contributed by atoms with van der Waals surface area (Å²) < 4.78 is 14.5. The molecule has 3 nitrogen and oxygen atoms in total. The maximum absolute atomic E-state index is 13.5. The molecule has 2 heterocycles. The van der Waals surface area contributed by atoms with Gasteiger partial charge in [-0.1, -0.05) is 0 Å². The van der Waals surface area contributed by atoms with E-state index in [1.807, 2.05) is 19.1 Å². The predicted molar refractivity (Wildman–Crippen MR) is 76.6 cm³/mol. The van der Waals surface area contributed by atoms with Gasteiger partial charge in [0.15, 0.2) is 0 Å². The zero-order valence-corrected chi connectivity index (χ0v) is 12.7. The van der Waals surface area contributed by atoms with E-state index in [4.69, 9.17) is 0 Å². The first kappa shape index (κ1) is 14.1. The zero-order chi connectivity index (χ0) is 13.8. The second kappa shape index (κ2) is 6.25. The third-order valence-corrected chi connectivity index (χ3v) is 4.24. The van der Waals surface area contributed by atoms with Crippen LogP contribution in [0.4, 0.5) is 4.39 Å². The summed E-state index contributed by atoms with van der Waals surface area (Å²) in [6.07, 6.45) is 1.33. The summed E-state index contributed by atoms with van der Waals surface area (Å²) in [5.41, 5.74) is 0.0139. The van der Waals surface area contributed by atoms with Crippen LogP contribution in [0, 0.1) is 5.95 Å². The Morgan fingerprint density at radius 3 is 2.84 bits per heavy atom. The highest BCUT2D eigenvalue weighted by Crippen LogP contribution is 2.23. The fourth-order valence-corrected chi connectivity index (χ4v) is 3.17. The van der Waals surface area contributed by atoms with Gasteiger partial charge in [0.2, 0.25) is 5.95 Å². The highest BCUT2D eigenvalue weighted by Gasteiger charge is 2.19. The summed E-state index contributed by atoms with van der Waals surface area (Å²) in [4.78, 5) is 18.4. The van der Waals surface area contributed by atoms with Crippen molar-refractivity contribution in [2.45, 2.75) is 13.5 Å². The van der Waals surface area contributed by atoms with Crippen LogP contribution in [0.1, 0.15) is 22.2 Å². The average Bonchev–Trinajstić information content (AvgIpc) is 2.81. The van der Waals surface area contributed by atoms with Crippen molar-refractivity contribution in [1.82, 2.24) is 9.88 Å². The van der Waals surface area contributed by atoms with Gasteiger partial charge in [0.25, 0.3) is 5.91 Å². The van der Waals surface area contributed by atoms with Crippen molar-refractivity contribution in [2.75, 3.05) is 6.54 Å². The molecule has 0 atom stereocenters. The minimum Gasteiger partial charge on any atom is -0.334 e. The van der Waals surface area contributed by atoms with Crippen LogP contribution in [-0.2, 0) is 6.54 Å². The van der Waals surface area contributed by atoms with Gasteiger partial charge in [-0.05, 0) is 47.1 Å². The summed E-state index contributed by atoms with van der Waals surface area (Å²) in [6.45, 7) is 2.86. The normalized spacial score (nSPS) is 10.5. The largest absolute Gasteiger partial charge is 0.334 e. The monoisotopic (exact) mass is 342 g/mol. The number of hydrogen-bond acceptors (Lipinski definition) is 3. The van der Waals surface area contributed by atoms with E-state index in [0.717, 1.165) is 8.66 Å². The minimum atomic E-state index is -0.724. The van der Waals surface area contributed by atoms with Gasteiger partial charge in [-0.15, -0.1) is 11.3 Å². The fraction of sp³-hybridized carbons (Fsp3) is 0.231. The Morgan fingerprint density at radius 2 is 2.26 bits per heavy atom. The van der Waals surface area contributed by atoms with Crippen molar-refractivity contribution in [2.24, 2.45) is 0 Å². The first-order chi connectivity index (χ1) is 9.11. The molecule has 0 saturated heterocycles. The number of rotatable bonds is 4. The molecular formula is C13H12BrFN2OS. The molecule has 6 heteroatoms. The lowest BCUT2D eigenvalue weighted by molar-refractivity contribution is 0.0748. The molecule has 0 aliphatic carbocycles. The SMILES string of the molecule is CCN(Cc1ccc(Br)s1)C(=O)c1cccnc1F. The number of amides is 1. The van der Waals surface area contributed by atoms with Crippen molar-refractivity contribution in [3.8, 4) is 0 Å². The van der Waals surface area contributed by atoms with Crippen molar-refractivity contribution >= 4 is 33.2 Å². The van der Waals surface area contributed by atoms with Crippen LogP contribution in [0.5, 0.6) is 0 Å². The van der Waals surface area contributed by atoms with Crippen molar-refractivity contribution < 1.29 is 9.18 Å². The van der Waals surface area contributed by atoms with Crippen molar-refractivity contribution in [3.05, 3.63) is 50.6 Å². The predicted octanol–water partition coefficient (Wildman–Crippen LogP) is 3.71. The van der Waals surface area contributed by atoms with E-state index in [9.17, 15) is 9.18 Å². The molecular weight excluding hydrogens is 331 g/mol. The second-order valence-corrected chi connectivity index (χ2v) is 6.41. The first-order valence-electron chi connectivity index (χ1n) is 5.75. The zero-order valence-electron chi connectivity index (χ0n) is 10.3. The van der Waals surface area contributed by atoms with Gasteiger partial charge in [-0.2, -0.15) is 4.39 Å². The molecule has 2 aromatic rings. The number of aromatic nitrogens is 1. The van der Waals surface area contributed by atoms with E-state index in [1.165, 1.54) is 12.3 Å². The third kappa shape index (κ3) is 3.39. The summed E-state index contributed by atoms with van der Waals surface area (Å²) in [7, 11) is 0. The molecule has 0 aliphatic heterocycles. The molecule has 100 valence electrons. The molecule has 2 aromatic heterocycles. The van der Waals surface area contributed by atoms with E-state index in [0.29, 0.717) is 13.1 Å². The molecule has 1 amide bonds. The summed E-state index contributed by atoms with van der Waals surface area (Å²) in [5, 5.41) is 0. The maximum Gasteiger partial charge on any atom is 0.258 e. The summed E-state index contributed by atoms with van der Waals surface area (Å²) in [5.74, 6) is -1.06. The van der Waals surface area contributed by atoms with Crippen LogP contribution in [0.25, 0.3) is 0 Å². The Bertz CT molecular complexity index is 588. The van der Waals surface area contributed by atoms with Gasteiger partial charge in [-0.3, -0.25) is 4.79 Å². The molecule has 0 N–H and O–H groups in total. The van der Waals surface area contributed by atoms with Gasteiger partial charge >= 0.3 is 0 Å². The highest BCUT2D eigenvalue weighted by molar-refractivity contribution is 9.11. The molecule has 0 bridgehead atoms. The topological polar surface area (TPSA) is 33.2 Å². The Labute approximate surface area is 123 Å². The van der Waals surface area contributed by atoms with Gasteiger partial charge < -0.3 is 4.90 Å². The fourth-order valence-electron chi connectivity index (χ4n) is 1.67. The van der Waals surface area contributed by atoms with E-state index < -0.39 is 5.95 Å². The van der Waals surface area contributed by atoms with Crippen LogP contribution in [0.2, 0.25) is 0 Å². The van der Waals surface area contributed by atoms with Crippen molar-refractivity contribution in [1.29, 1.82) is 0 Å². The number of carbonyl (C=O) groups excluding carboxylic acids is 1. The molecule has 0 radical (unpaired) electrons. The van der Waals surface area contributed by atoms with Gasteiger partial charge in [0.05, 0.1) is 15.9 Å². The van der Waals surface area contributed by atoms with E-state index in [-0.39, 0.29) is 11.5 Å². The Kier molecular flexibility index (Phi) is 4.66. The van der Waals surface area contributed by atoms with E-state index >= 15 is 0 Å². The van der Waals surface area contributed by atoms with Gasteiger partial charge in [-0.25, -0.2) is 4.98 Å². The molecule has 2 rings (SSSR count). The van der Waals surface area contributed by atoms with Crippen LogP contribution in [0.15, 0.2) is 34.2 Å². The summed E-state index contributed by atoms with van der Waals surface area (Å²) >= 11 is 4.94. The average molecular weight is 343 g/mol. The Morgan fingerprint density at radius 1 is 1.47 bits per heavy atom. The maximum atomic E-state index is 13.5. The summed E-state index contributed by atoms with van der Waals surface area (Å²) in [6, 6.07) is 6.90.